The van der Waals surface area contributed by atoms with Crippen molar-refractivity contribution in [2.24, 2.45) is 0 Å². The molecule has 1 heterocycles. The van der Waals surface area contributed by atoms with Crippen molar-refractivity contribution in [1.82, 2.24) is 4.90 Å². The Balaban J connectivity index is 2.02. The molecular formula is C20H27NO2S. The SMILES string of the molecule is C=CC(CCC)N1Cc2c(SCCCCC(=C)O)cccc2C1=O. The van der Waals surface area contributed by atoms with Crippen LogP contribution < -0.4 is 0 Å². The van der Waals surface area contributed by atoms with E-state index in [2.05, 4.69) is 26.1 Å². The second-order valence-electron chi connectivity index (χ2n) is 6.18. The van der Waals surface area contributed by atoms with E-state index in [-0.39, 0.29) is 17.7 Å². The Labute approximate surface area is 149 Å². The van der Waals surface area contributed by atoms with Crippen LogP contribution in [0.15, 0.2) is 48.1 Å². The lowest BCUT2D eigenvalue weighted by molar-refractivity contribution is 0.0730. The van der Waals surface area contributed by atoms with Crippen LogP contribution in [0.4, 0.5) is 0 Å². The first-order valence-corrected chi connectivity index (χ1v) is 9.62. The summed E-state index contributed by atoms with van der Waals surface area (Å²) in [7, 11) is 0. The number of nitrogens with zero attached hydrogens (tertiary/aromatic N) is 1. The molecule has 0 saturated heterocycles. The average molecular weight is 346 g/mol. The largest absolute Gasteiger partial charge is 0.513 e. The van der Waals surface area contributed by atoms with Crippen LogP contribution in [-0.4, -0.2) is 27.7 Å². The molecule has 1 N–H and O–H groups in total. The van der Waals surface area contributed by atoms with E-state index in [4.69, 9.17) is 5.11 Å². The van der Waals surface area contributed by atoms with E-state index < -0.39 is 0 Å². The summed E-state index contributed by atoms with van der Waals surface area (Å²) >= 11 is 1.80. The molecule has 4 heteroatoms. The molecule has 0 saturated carbocycles. The highest BCUT2D eigenvalue weighted by molar-refractivity contribution is 7.99. The first-order chi connectivity index (χ1) is 11.6. The molecule has 1 aliphatic heterocycles. The number of thioether (sulfide) groups is 1. The van der Waals surface area contributed by atoms with Crippen LogP contribution in [0.25, 0.3) is 0 Å². The molecule has 130 valence electrons. The first kappa shape index (κ1) is 18.7. The van der Waals surface area contributed by atoms with Gasteiger partial charge in [0, 0.05) is 23.4 Å². The number of carbonyl (C=O) groups is 1. The van der Waals surface area contributed by atoms with Crippen LogP contribution in [0.1, 0.15) is 54.9 Å². The van der Waals surface area contributed by atoms with Gasteiger partial charge in [-0.25, -0.2) is 0 Å². The molecular weight excluding hydrogens is 318 g/mol. The van der Waals surface area contributed by atoms with Gasteiger partial charge in [0.1, 0.15) is 0 Å². The number of unbranched alkanes of at least 4 members (excludes halogenated alkanes) is 1. The summed E-state index contributed by atoms with van der Waals surface area (Å²) in [6, 6.07) is 6.13. The summed E-state index contributed by atoms with van der Waals surface area (Å²) in [4.78, 5) is 15.9. The minimum atomic E-state index is 0.114. The van der Waals surface area contributed by atoms with E-state index in [0.717, 1.165) is 42.6 Å². The van der Waals surface area contributed by atoms with Crippen molar-refractivity contribution >= 4 is 17.7 Å². The lowest BCUT2D eigenvalue weighted by Gasteiger charge is -2.24. The van der Waals surface area contributed by atoms with Crippen LogP contribution in [0.3, 0.4) is 0 Å². The van der Waals surface area contributed by atoms with Crippen molar-refractivity contribution in [3.63, 3.8) is 0 Å². The van der Waals surface area contributed by atoms with Gasteiger partial charge in [0.15, 0.2) is 0 Å². The molecule has 24 heavy (non-hydrogen) atoms. The molecule has 0 fully saturated rings. The van der Waals surface area contributed by atoms with Gasteiger partial charge < -0.3 is 10.0 Å². The Morgan fingerprint density at radius 2 is 2.25 bits per heavy atom. The summed E-state index contributed by atoms with van der Waals surface area (Å²) in [5, 5.41) is 9.12. The van der Waals surface area contributed by atoms with Crippen molar-refractivity contribution in [2.45, 2.75) is 56.5 Å². The fourth-order valence-corrected chi connectivity index (χ4v) is 4.13. The van der Waals surface area contributed by atoms with Crippen molar-refractivity contribution < 1.29 is 9.90 Å². The van der Waals surface area contributed by atoms with E-state index in [0.29, 0.717) is 13.0 Å². The molecule has 1 atom stereocenters. The minimum absolute atomic E-state index is 0.114. The molecule has 1 amide bonds. The number of hydrogen-bond acceptors (Lipinski definition) is 3. The predicted molar refractivity (Wildman–Crippen MR) is 102 cm³/mol. The van der Waals surface area contributed by atoms with Crippen molar-refractivity contribution in [3.8, 4) is 0 Å². The maximum Gasteiger partial charge on any atom is 0.255 e. The van der Waals surface area contributed by atoms with Gasteiger partial charge in [-0.3, -0.25) is 4.79 Å². The highest BCUT2D eigenvalue weighted by atomic mass is 32.2. The summed E-state index contributed by atoms with van der Waals surface area (Å²) in [6.07, 6.45) is 6.51. The Kier molecular flexibility index (Phi) is 6.98. The summed E-state index contributed by atoms with van der Waals surface area (Å²) in [5.74, 6) is 1.37. The molecule has 0 radical (unpaired) electrons. The minimum Gasteiger partial charge on any atom is -0.513 e. The number of benzene rings is 1. The topological polar surface area (TPSA) is 40.5 Å². The number of carbonyl (C=O) groups excluding carboxylic acids is 1. The van der Waals surface area contributed by atoms with E-state index >= 15 is 0 Å². The Morgan fingerprint density at radius 3 is 2.92 bits per heavy atom. The maximum absolute atomic E-state index is 12.7. The van der Waals surface area contributed by atoms with Crippen molar-refractivity contribution in [3.05, 3.63) is 54.3 Å². The van der Waals surface area contributed by atoms with Crippen LogP contribution in [-0.2, 0) is 6.54 Å². The van der Waals surface area contributed by atoms with Gasteiger partial charge in [-0.1, -0.05) is 32.1 Å². The Morgan fingerprint density at radius 1 is 1.46 bits per heavy atom. The first-order valence-electron chi connectivity index (χ1n) is 8.63. The number of aliphatic hydroxyl groups is 1. The fourth-order valence-electron chi connectivity index (χ4n) is 3.04. The van der Waals surface area contributed by atoms with E-state index in [1.165, 1.54) is 4.90 Å². The number of rotatable bonds is 10. The van der Waals surface area contributed by atoms with Gasteiger partial charge in [0.05, 0.1) is 11.8 Å². The summed E-state index contributed by atoms with van der Waals surface area (Å²) < 4.78 is 0. The normalized spacial score (nSPS) is 14.5. The zero-order valence-electron chi connectivity index (χ0n) is 14.5. The second kappa shape index (κ2) is 8.97. The van der Waals surface area contributed by atoms with Crippen LogP contribution in [0, 0.1) is 0 Å². The van der Waals surface area contributed by atoms with Gasteiger partial charge in [-0.15, -0.1) is 18.3 Å². The van der Waals surface area contributed by atoms with E-state index in [9.17, 15) is 4.79 Å². The number of aliphatic hydroxyl groups excluding tert-OH is 1. The van der Waals surface area contributed by atoms with Gasteiger partial charge in [-0.2, -0.15) is 0 Å². The van der Waals surface area contributed by atoms with Crippen LogP contribution in [0.5, 0.6) is 0 Å². The quantitative estimate of drug-likeness (QED) is 0.270. The lowest BCUT2D eigenvalue weighted by Crippen LogP contribution is -2.33. The second-order valence-corrected chi connectivity index (χ2v) is 7.32. The summed E-state index contributed by atoms with van der Waals surface area (Å²) in [6.45, 7) is 10.2. The van der Waals surface area contributed by atoms with Gasteiger partial charge in [0.25, 0.3) is 5.91 Å². The molecule has 1 unspecified atom stereocenters. The van der Waals surface area contributed by atoms with Crippen molar-refractivity contribution in [2.75, 3.05) is 5.75 Å². The Hall–Kier alpha value is -1.68. The predicted octanol–water partition coefficient (Wildman–Crippen LogP) is 5.33. The molecule has 3 nitrogen and oxygen atoms in total. The monoisotopic (exact) mass is 345 g/mol. The molecule has 0 aromatic heterocycles. The lowest BCUT2D eigenvalue weighted by atomic mass is 10.1. The van der Waals surface area contributed by atoms with Gasteiger partial charge >= 0.3 is 0 Å². The zero-order valence-corrected chi connectivity index (χ0v) is 15.3. The maximum atomic E-state index is 12.7. The van der Waals surface area contributed by atoms with E-state index in [1.54, 1.807) is 11.8 Å². The van der Waals surface area contributed by atoms with Crippen molar-refractivity contribution in [1.29, 1.82) is 0 Å². The van der Waals surface area contributed by atoms with Gasteiger partial charge in [-0.05, 0) is 42.7 Å². The van der Waals surface area contributed by atoms with Crippen LogP contribution >= 0.6 is 11.8 Å². The molecule has 0 aliphatic carbocycles. The number of amides is 1. The smallest absolute Gasteiger partial charge is 0.255 e. The zero-order chi connectivity index (χ0) is 17.5. The Bertz CT molecular complexity index is 612. The van der Waals surface area contributed by atoms with Gasteiger partial charge in [0.2, 0.25) is 0 Å². The molecule has 0 spiro atoms. The number of allylic oxidation sites excluding steroid dienone is 1. The highest BCUT2D eigenvalue weighted by Gasteiger charge is 2.32. The fraction of sp³-hybridized carbons (Fsp3) is 0.450. The third-order valence-corrected chi connectivity index (χ3v) is 5.51. The molecule has 0 bridgehead atoms. The third-order valence-electron chi connectivity index (χ3n) is 4.33. The number of fused-ring (bicyclic) bond motifs is 1. The van der Waals surface area contributed by atoms with E-state index in [1.807, 2.05) is 23.1 Å². The third kappa shape index (κ3) is 4.44. The highest BCUT2D eigenvalue weighted by Crippen LogP contribution is 2.34. The number of hydrogen-bond donors (Lipinski definition) is 1. The molecule has 1 aromatic carbocycles. The molecule has 1 aromatic rings. The molecule has 1 aliphatic rings. The molecule has 2 rings (SSSR count). The summed E-state index contributed by atoms with van der Waals surface area (Å²) in [5.41, 5.74) is 1.99. The van der Waals surface area contributed by atoms with Crippen LogP contribution in [0.2, 0.25) is 0 Å². The standard InChI is InChI=1S/C20H27NO2S/c1-4-9-16(5-2)21-14-18-17(20(21)23)11-8-12-19(18)24-13-7-6-10-15(3)22/h5,8,11-12,16,22H,2-4,6-7,9-10,13-14H2,1H3. The average Bonchev–Trinajstić information content (AvgIpc) is 2.90.